The average Bonchev–Trinajstić information content (AvgIpc) is 2.87. The van der Waals surface area contributed by atoms with E-state index in [1.807, 2.05) is 53.1 Å². The normalized spacial score (nSPS) is 17.1. The molecule has 1 aliphatic heterocycles. The van der Waals surface area contributed by atoms with Crippen LogP contribution in [0.4, 0.5) is 10.1 Å². The highest BCUT2D eigenvalue weighted by atomic mass is 19.1. The van der Waals surface area contributed by atoms with Gasteiger partial charge in [0.1, 0.15) is 5.60 Å². The van der Waals surface area contributed by atoms with Crippen LogP contribution in [0.15, 0.2) is 42.5 Å². The standard InChI is InChI=1S/C24H30FN3O3.C5H10O2/c1-27(2)14-20-16-30-24(31-17-20)10-11-28(21-7-4-18(13-26)5-8-21)15-19-6-9-23(29-3)22(25)12-19;1-5(2,3)7-4-6/h4-9,12,20,24H,10-11,14-17H2,1-3H3;4H,1-3H3. The Balaban J connectivity index is 0.000000638. The number of hydrogen-bond donors (Lipinski definition) is 0. The molecule has 1 saturated heterocycles. The van der Waals surface area contributed by atoms with Gasteiger partial charge < -0.3 is 28.7 Å². The smallest absolute Gasteiger partial charge is 0.293 e. The number of anilines is 1. The Labute approximate surface area is 225 Å². The van der Waals surface area contributed by atoms with Gasteiger partial charge in [0.2, 0.25) is 0 Å². The highest BCUT2D eigenvalue weighted by molar-refractivity contribution is 5.50. The van der Waals surface area contributed by atoms with E-state index in [4.69, 9.17) is 19.5 Å². The van der Waals surface area contributed by atoms with E-state index in [0.29, 0.717) is 50.7 Å². The number of nitriles is 1. The van der Waals surface area contributed by atoms with E-state index in [1.165, 1.54) is 13.2 Å². The molecular formula is C29H40FN3O5. The number of hydrogen-bond acceptors (Lipinski definition) is 8. The van der Waals surface area contributed by atoms with Gasteiger partial charge >= 0.3 is 0 Å². The van der Waals surface area contributed by atoms with Crippen molar-refractivity contribution in [3.8, 4) is 11.8 Å². The van der Waals surface area contributed by atoms with Crippen LogP contribution in [0.5, 0.6) is 5.75 Å². The molecule has 0 bridgehead atoms. The van der Waals surface area contributed by atoms with Crippen LogP contribution in [0.1, 0.15) is 38.3 Å². The monoisotopic (exact) mass is 529 g/mol. The Hall–Kier alpha value is -3.19. The summed E-state index contributed by atoms with van der Waals surface area (Å²) >= 11 is 0. The molecule has 0 aromatic heterocycles. The van der Waals surface area contributed by atoms with Crippen LogP contribution in [-0.4, -0.2) is 70.8 Å². The minimum atomic E-state index is -0.384. The largest absolute Gasteiger partial charge is 0.494 e. The summed E-state index contributed by atoms with van der Waals surface area (Å²) in [5, 5.41) is 9.08. The zero-order valence-corrected chi connectivity index (χ0v) is 23.3. The van der Waals surface area contributed by atoms with Crippen LogP contribution in [0, 0.1) is 23.1 Å². The van der Waals surface area contributed by atoms with Gasteiger partial charge in [-0.15, -0.1) is 0 Å². The van der Waals surface area contributed by atoms with Gasteiger partial charge in [-0.25, -0.2) is 4.39 Å². The molecule has 1 fully saturated rings. The van der Waals surface area contributed by atoms with Crippen LogP contribution < -0.4 is 9.64 Å². The predicted octanol–water partition coefficient (Wildman–Crippen LogP) is 4.61. The summed E-state index contributed by atoms with van der Waals surface area (Å²) in [6.07, 6.45) is 0.430. The average molecular weight is 530 g/mol. The molecule has 0 atom stereocenters. The molecule has 0 N–H and O–H groups in total. The third-order valence-electron chi connectivity index (χ3n) is 5.65. The molecule has 0 spiro atoms. The molecule has 208 valence electrons. The Morgan fingerprint density at radius 1 is 1.13 bits per heavy atom. The summed E-state index contributed by atoms with van der Waals surface area (Å²) in [5.41, 5.74) is 2.07. The van der Waals surface area contributed by atoms with Gasteiger partial charge in [0.25, 0.3) is 6.47 Å². The first kappa shape index (κ1) is 31.0. The molecule has 0 aliphatic carbocycles. The predicted molar refractivity (Wildman–Crippen MR) is 144 cm³/mol. The second-order valence-corrected chi connectivity index (χ2v) is 10.4. The van der Waals surface area contributed by atoms with Crippen molar-refractivity contribution in [3.05, 3.63) is 59.4 Å². The fraction of sp³-hybridized carbons (Fsp3) is 0.517. The molecule has 38 heavy (non-hydrogen) atoms. The van der Waals surface area contributed by atoms with Gasteiger partial charge in [0.05, 0.1) is 32.0 Å². The van der Waals surface area contributed by atoms with Crippen molar-refractivity contribution in [2.24, 2.45) is 5.92 Å². The molecule has 1 heterocycles. The molecular weight excluding hydrogens is 489 g/mol. The Kier molecular flexibility index (Phi) is 12.5. The van der Waals surface area contributed by atoms with Crippen LogP contribution in [-0.2, 0) is 25.5 Å². The summed E-state index contributed by atoms with van der Waals surface area (Å²) in [4.78, 5) is 13.9. The van der Waals surface area contributed by atoms with E-state index in [1.54, 1.807) is 18.2 Å². The topological polar surface area (TPSA) is 84.3 Å². The van der Waals surface area contributed by atoms with Gasteiger partial charge in [0.15, 0.2) is 17.9 Å². The lowest BCUT2D eigenvalue weighted by molar-refractivity contribution is -0.203. The number of ether oxygens (including phenoxy) is 4. The van der Waals surface area contributed by atoms with E-state index in [-0.39, 0.29) is 23.5 Å². The van der Waals surface area contributed by atoms with Crippen molar-refractivity contribution in [1.82, 2.24) is 4.90 Å². The van der Waals surface area contributed by atoms with Gasteiger partial charge in [-0.05, 0) is 76.8 Å². The van der Waals surface area contributed by atoms with E-state index in [9.17, 15) is 9.18 Å². The summed E-state index contributed by atoms with van der Waals surface area (Å²) in [5.74, 6) is 0.221. The number of methoxy groups -OCH3 is 1. The lowest BCUT2D eigenvalue weighted by Crippen LogP contribution is -2.39. The van der Waals surface area contributed by atoms with Crippen LogP contribution in [0.3, 0.4) is 0 Å². The van der Waals surface area contributed by atoms with Crippen molar-refractivity contribution >= 4 is 12.2 Å². The molecule has 9 heteroatoms. The van der Waals surface area contributed by atoms with Crippen LogP contribution in [0.25, 0.3) is 0 Å². The Bertz CT molecular complexity index is 1030. The number of halogens is 1. The first-order valence-corrected chi connectivity index (χ1v) is 12.6. The molecule has 8 nitrogen and oxygen atoms in total. The minimum absolute atomic E-state index is 0.227. The lowest BCUT2D eigenvalue weighted by Gasteiger charge is -2.33. The molecule has 2 aromatic carbocycles. The quantitative estimate of drug-likeness (QED) is 0.413. The summed E-state index contributed by atoms with van der Waals surface area (Å²) in [7, 11) is 5.54. The summed E-state index contributed by atoms with van der Waals surface area (Å²) in [6, 6.07) is 14.5. The Morgan fingerprint density at radius 3 is 2.26 bits per heavy atom. The third kappa shape index (κ3) is 11.1. The van der Waals surface area contributed by atoms with E-state index < -0.39 is 0 Å². The van der Waals surface area contributed by atoms with Gasteiger partial charge in [-0.1, -0.05) is 6.07 Å². The molecule has 0 saturated carbocycles. The van der Waals surface area contributed by atoms with E-state index in [0.717, 1.165) is 17.8 Å². The summed E-state index contributed by atoms with van der Waals surface area (Å²) in [6.45, 7) is 9.41. The second-order valence-electron chi connectivity index (χ2n) is 10.4. The maximum absolute atomic E-state index is 14.2. The van der Waals surface area contributed by atoms with Crippen LogP contribution in [0.2, 0.25) is 0 Å². The van der Waals surface area contributed by atoms with Crippen molar-refractivity contribution in [2.75, 3.05) is 52.4 Å². The number of nitrogens with zero attached hydrogens (tertiary/aromatic N) is 3. The van der Waals surface area contributed by atoms with Crippen molar-refractivity contribution < 1.29 is 28.1 Å². The second kappa shape index (κ2) is 15.3. The maximum Gasteiger partial charge on any atom is 0.293 e. The van der Waals surface area contributed by atoms with Gasteiger partial charge in [-0.3, -0.25) is 4.79 Å². The number of rotatable bonds is 10. The SMILES string of the molecule is CC(C)(C)OC=O.COc1ccc(CN(CCC2OCC(CN(C)C)CO2)c2ccc(C#N)cc2)cc1F. The Morgan fingerprint density at radius 2 is 1.79 bits per heavy atom. The number of carbonyl (C=O) groups excluding carboxylic acids is 1. The molecule has 1 aliphatic rings. The van der Waals surface area contributed by atoms with Gasteiger partial charge in [0, 0.05) is 37.7 Å². The van der Waals surface area contributed by atoms with Crippen LogP contribution >= 0.6 is 0 Å². The molecule has 0 unspecified atom stereocenters. The fourth-order valence-electron chi connectivity index (χ4n) is 3.85. The summed E-state index contributed by atoms with van der Waals surface area (Å²) < 4.78 is 35.6. The number of benzene rings is 2. The van der Waals surface area contributed by atoms with E-state index >= 15 is 0 Å². The van der Waals surface area contributed by atoms with E-state index in [2.05, 4.69) is 20.6 Å². The highest BCUT2D eigenvalue weighted by Gasteiger charge is 2.23. The third-order valence-corrected chi connectivity index (χ3v) is 5.65. The molecule has 0 amide bonds. The molecule has 3 rings (SSSR count). The van der Waals surface area contributed by atoms with Gasteiger partial charge in [-0.2, -0.15) is 5.26 Å². The van der Waals surface area contributed by atoms with Crippen molar-refractivity contribution in [3.63, 3.8) is 0 Å². The first-order valence-electron chi connectivity index (χ1n) is 12.6. The van der Waals surface area contributed by atoms with Crippen molar-refractivity contribution in [2.45, 2.75) is 45.6 Å². The maximum atomic E-state index is 14.2. The zero-order chi connectivity index (χ0) is 28.1. The first-order chi connectivity index (χ1) is 18.0. The molecule has 0 radical (unpaired) electrons. The lowest BCUT2D eigenvalue weighted by atomic mass is 10.1. The zero-order valence-electron chi connectivity index (χ0n) is 23.3. The number of carbonyl (C=O) groups is 1. The minimum Gasteiger partial charge on any atom is -0.494 e. The highest BCUT2D eigenvalue weighted by Crippen LogP contribution is 2.23. The fourth-order valence-corrected chi connectivity index (χ4v) is 3.85. The molecule has 2 aromatic rings. The van der Waals surface area contributed by atoms with Crippen molar-refractivity contribution in [1.29, 1.82) is 5.26 Å².